The number of hydrogen-bond acceptors (Lipinski definition) is 3. The van der Waals surface area contributed by atoms with Crippen molar-refractivity contribution in [2.75, 3.05) is 31.6 Å². The summed E-state index contributed by atoms with van der Waals surface area (Å²) >= 11 is 0. The number of rotatable bonds is 2. The van der Waals surface area contributed by atoms with Gasteiger partial charge in [0.05, 0.1) is 6.54 Å². The van der Waals surface area contributed by atoms with Crippen LogP contribution in [0.5, 0.6) is 0 Å². The van der Waals surface area contributed by atoms with E-state index in [2.05, 4.69) is 11.9 Å². The second-order valence-corrected chi connectivity index (χ2v) is 5.71. The molecule has 1 fully saturated rings. The fourth-order valence-corrected chi connectivity index (χ4v) is 3.15. The molecule has 20 heavy (non-hydrogen) atoms. The maximum absolute atomic E-state index is 10.3. The Morgan fingerprint density at radius 2 is 1.80 bits per heavy atom. The van der Waals surface area contributed by atoms with E-state index in [-0.39, 0.29) is 0 Å². The summed E-state index contributed by atoms with van der Waals surface area (Å²) in [4.78, 5) is 4.20. The predicted molar refractivity (Wildman–Crippen MR) is 81.4 cm³/mol. The molecule has 2 aliphatic heterocycles. The minimum atomic E-state index is 0.326. The molecule has 3 rings (SSSR count). The molecule has 0 amide bonds. The van der Waals surface area contributed by atoms with Gasteiger partial charge in [-0.3, -0.25) is 5.41 Å². The summed E-state index contributed by atoms with van der Waals surface area (Å²) in [5.41, 5.74) is 1.84. The van der Waals surface area contributed by atoms with Crippen molar-refractivity contribution in [2.24, 2.45) is 5.92 Å². The number of anilines is 1. The van der Waals surface area contributed by atoms with Crippen molar-refractivity contribution >= 4 is 11.5 Å². The van der Waals surface area contributed by atoms with Gasteiger partial charge < -0.3 is 14.9 Å². The molecule has 4 nitrogen and oxygen atoms in total. The molecule has 1 aromatic rings. The Labute approximate surface area is 119 Å². The number of benzene rings is 1. The molecule has 1 saturated heterocycles. The van der Waals surface area contributed by atoms with E-state index in [4.69, 9.17) is 5.41 Å². The SMILES string of the molecule is CN1CCC(C2=C(O)CN(c3ccccc3)C2=N)CC1. The molecule has 0 saturated carbocycles. The zero-order valence-electron chi connectivity index (χ0n) is 11.8. The van der Waals surface area contributed by atoms with Crippen molar-refractivity contribution in [3.8, 4) is 0 Å². The van der Waals surface area contributed by atoms with Gasteiger partial charge in [-0.05, 0) is 51.0 Å². The molecule has 1 aromatic carbocycles. The number of aliphatic hydroxyl groups excluding tert-OH is 1. The van der Waals surface area contributed by atoms with Gasteiger partial charge in [0.1, 0.15) is 11.6 Å². The third kappa shape index (κ3) is 2.31. The summed E-state index contributed by atoms with van der Waals surface area (Å²) in [6.07, 6.45) is 2.06. The lowest BCUT2D eigenvalue weighted by molar-refractivity contribution is 0.237. The minimum absolute atomic E-state index is 0.326. The van der Waals surface area contributed by atoms with Crippen molar-refractivity contribution in [2.45, 2.75) is 12.8 Å². The van der Waals surface area contributed by atoms with Crippen molar-refractivity contribution in [1.29, 1.82) is 5.41 Å². The smallest absolute Gasteiger partial charge is 0.132 e. The summed E-state index contributed by atoms with van der Waals surface area (Å²) in [5.74, 6) is 1.18. The molecule has 0 aliphatic carbocycles. The van der Waals surface area contributed by atoms with Crippen molar-refractivity contribution in [3.05, 3.63) is 41.7 Å². The lowest BCUT2D eigenvalue weighted by Crippen LogP contribution is -2.34. The van der Waals surface area contributed by atoms with Crippen LogP contribution in [0, 0.1) is 11.3 Å². The van der Waals surface area contributed by atoms with Crippen LogP contribution in [0.3, 0.4) is 0 Å². The van der Waals surface area contributed by atoms with Crippen LogP contribution >= 0.6 is 0 Å². The first kappa shape index (κ1) is 13.2. The first-order chi connectivity index (χ1) is 9.66. The average Bonchev–Trinajstić information content (AvgIpc) is 2.76. The van der Waals surface area contributed by atoms with Gasteiger partial charge in [-0.2, -0.15) is 0 Å². The average molecular weight is 271 g/mol. The standard InChI is InChI=1S/C16H21N3O/c1-18-9-7-12(8-10-18)15-14(20)11-19(16(15)17)13-5-3-2-4-6-13/h2-6,12,17,20H,7-11H2,1H3. The number of nitrogens with one attached hydrogen (secondary N) is 1. The normalized spacial score (nSPS) is 21.9. The van der Waals surface area contributed by atoms with Gasteiger partial charge in [0.25, 0.3) is 0 Å². The molecular weight excluding hydrogens is 250 g/mol. The Morgan fingerprint density at radius 1 is 1.15 bits per heavy atom. The fourth-order valence-electron chi connectivity index (χ4n) is 3.15. The molecule has 2 heterocycles. The largest absolute Gasteiger partial charge is 0.510 e. The second-order valence-electron chi connectivity index (χ2n) is 5.71. The second kappa shape index (κ2) is 5.29. The first-order valence-corrected chi connectivity index (χ1v) is 7.19. The monoisotopic (exact) mass is 271 g/mol. The van der Waals surface area contributed by atoms with Crippen LogP contribution in [0.4, 0.5) is 5.69 Å². The highest BCUT2D eigenvalue weighted by Crippen LogP contribution is 2.33. The lowest BCUT2D eigenvalue weighted by Gasteiger charge is -2.30. The van der Waals surface area contributed by atoms with E-state index in [9.17, 15) is 5.11 Å². The van der Waals surface area contributed by atoms with E-state index < -0.39 is 0 Å². The van der Waals surface area contributed by atoms with Gasteiger partial charge >= 0.3 is 0 Å². The van der Waals surface area contributed by atoms with Crippen LogP contribution in [0.15, 0.2) is 41.7 Å². The maximum Gasteiger partial charge on any atom is 0.132 e. The molecule has 4 heteroatoms. The molecule has 0 bridgehead atoms. The van der Waals surface area contributed by atoms with E-state index >= 15 is 0 Å². The highest BCUT2D eigenvalue weighted by Gasteiger charge is 2.34. The number of hydrogen-bond donors (Lipinski definition) is 2. The Kier molecular flexibility index (Phi) is 3.49. The summed E-state index contributed by atoms with van der Waals surface area (Å²) in [5, 5.41) is 18.7. The summed E-state index contributed by atoms with van der Waals surface area (Å²) in [6.45, 7) is 2.52. The summed E-state index contributed by atoms with van der Waals surface area (Å²) < 4.78 is 0. The third-order valence-electron chi connectivity index (χ3n) is 4.34. The molecule has 0 atom stereocenters. The van der Waals surface area contributed by atoms with E-state index in [0.717, 1.165) is 37.2 Å². The summed E-state index contributed by atoms with van der Waals surface area (Å²) in [7, 11) is 2.13. The zero-order chi connectivity index (χ0) is 14.1. The van der Waals surface area contributed by atoms with Gasteiger partial charge in [0.15, 0.2) is 0 Å². The molecule has 106 valence electrons. The number of para-hydroxylation sites is 1. The molecule has 0 aromatic heterocycles. The Bertz CT molecular complexity index is 530. The molecule has 2 N–H and O–H groups in total. The van der Waals surface area contributed by atoms with E-state index in [1.165, 1.54) is 0 Å². The van der Waals surface area contributed by atoms with E-state index in [1.54, 1.807) is 0 Å². The number of aliphatic hydroxyl groups is 1. The van der Waals surface area contributed by atoms with Crippen LogP contribution in [0.25, 0.3) is 0 Å². The number of amidine groups is 1. The Hall–Kier alpha value is -1.81. The van der Waals surface area contributed by atoms with Crippen LogP contribution in [0.2, 0.25) is 0 Å². The number of nitrogens with zero attached hydrogens (tertiary/aromatic N) is 2. The maximum atomic E-state index is 10.3. The highest BCUT2D eigenvalue weighted by molar-refractivity contribution is 6.11. The highest BCUT2D eigenvalue weighted by atomic mass is 16.3. The van der Waals surface area contributed by atoms with Crippen molar-refractivity contribution in [3.63, 3.8) is 0 Å². The van der Waals surface area contributed by atoms with Crippen LogP contribution in [-0.4, -0.2) is 42.5 Å². The molecular formula is C16H21N3O. The Morgan fingerprint density at radius 3 is 2.45 bits per heavy atom. The molecule has 0 radical (unpaired) electrons. The van der Waals surface area contributed by atoms with Crippen LogP contribution in [0.1, 0.15) is 12.8 Å². The van der Waals surface area contributed by atoms with E-state index in [1.807, 2.05) is 35.2 Å². The minimum Gasteiger partial charge on any atom is -0.510 e. The van der Waals surface area contributed by atoms with Gasteiger partial charge in [0.2, 0.25) is 0 Å². The van der Waals surface area contributed by atoms with Gasteiger partial charge in [0, 0.05) is 11.3 Å². The van der Waals surface area contributed by atoms with Crippen LogP contribution < -0.4 is 4.90 Å². The summed E-state index contributed by atoms with van der Waals surface area (Å²) in [6, 6.07) is 9.87. The molecule has 0 spiro atoms. The third-order valence-corrected chi connectivity index (χ3v) is 4.34. The first-order valence-electron chi connectivity index (χ1n) is 7.19. The van der Waals surface area contributed by atoms with Gasteiger partial charge in [-0.25, -0.2) is 0 Å². The number of likely N-dealkylation sites (tertiary alicyclic amines) is 1. The molecule has 0 unspecified atom stereocenters. The van der Waals surface area contributed by atoms with Crippen molar-refractivity contribution in [1.82, 2.24) is 4.90 Å². The van der Waals surface area contributed by atoms with Crippen molar-refractivity contribution < 1.29 is 5.11 Å². The number of piperidine rings is 1. The predicted octanol–water partition coefficient (Wildman–Crippen LogP) is 2.64. The fraction of sp³-hybridized carbons (Fsp3) is 0.438. The lowest BCUT2D eigenvalue weighted by atomic mass is 9.88. The Balaban J connectivity index is 1.79. The van der Waals surface area contributed by atoms with Gasteiger partial charge in [-0.15, -0.1) is 0 Å². The zero-order valence-corrected chi connectivity index (χ0v) is 11.8. The van der Waals surface area contributed by atoms with E-state index in [0.29, 0.717) is 24.1 Å². The topological polar surface area (TPSA) is 50.6 Å². The van der Waals surface area contributed by atoms with Crippen LogP contribution in [-0.2, 0) is 0 Å². The molecule has 2 aliphatic rings. The quantitative estimate of drug-likeness (QED) is 0.869. The van der Waals surface area contributed by atoms with Gasteiger partial charge in [-0.1, -0.05) is 18.2 Å².